The molecule has 1 aromatic rings. The molecule has 3 heteroatoms. The molecule has 0 atom stereocenters. The van der Waals surface area contributed by atoms with Crippen LogP contribution in [0.2, 0.25) is 0 Å². The largest absolute Gasteiger partial charge is 0.311 e. The van der Waals surface area contributed by atoms with E-state index in [0.29, 0.717) is 5.92 Å². The maximum Gasteiger partial charge on any atom is 0.0522 e. The van der Waals surface area contributed by atoms with Gasteiger partial charge in [0, 0.05) is 19.2 Å². The molecule has 0 spiro atoms. The lowest BCUT2D eigenvalue weighted by Gasteiger charge is -2.09. The van der Waals surface area contributed by atoms with E-state index in [1.807, 2.05) is 17.8 Å². The Morgan fingerprint density at radius 1 is 1.50 bits per heavy atom. The molecule has 0 aromatic carbocycles. The summed E-state index contributed by atoms with van der Waals surface area (Å²) in [5.74, 6) is 6.64. The van der Waals surface area contributed by atoms with Crippen LogP contribution in [-0.2, 0) is 13.1 Å². The predicted octanol–water partition coefficient (Wildman–Crippen LogP) is 2.04. The van der Waals surface area contributed by atoms with Crippen molar-refractivity contribution in [1.29, 1.82) is 0 Å². The first-order valence-corrected chi connectivity index (χ1v) is 5.85. The molecule has 16 heavy (non-hydrogen) atoms. The molecule has 3 nitrogen and oxygen atoms in total. The first-order valence-electron chi connectivity index (χ1n) is 5.85. The summed E-state index contributed by atoms with van der Waals surface area (Å²) in [5.41, 5.74) is 1.23. The highest BCUT2D eigenvalue weighted by atomic mass is 15.3. The standard InChI is InChI=1S/C13H21N3/c1-4-5-6-9-16-13(7-8-15-16)11-14-10-12(2)3/h7-8,12,14H,6,9-11H2,1-3H3. The third-order valence-electron chi connectivity index (χ3n) is 2.29. The van der Waals surface area contributed by atoms with Crippen LogP contribution in [0, 0.1) is 17.8 Å². The molecule has 1 N–H and O–H groups in total. The van der Waals surface area contributed by atoms with Crippen molar-refractivity contribution in [3.05, 3.63) is 18.0 Å². The van der Waals surface area contributed by atoms with Crippen LogP contribution in [0.5, 0.6) is 0 Å². The van der Waals surface area contributed by atoms with E-state index in [9.17, 15) is 0 Å². The number of nitrogens with one attached hydrogen (secondary N) is 1. The minimum absolute atomic E-state index is 0.683. The Labute approximate surface area is 98.2 Å². The van der Waals surface area contributed by atoms with Gasteiger partial charge in [-0.2, -0.15) is 5.10 Å². The van der Waals surface area contributed by atoms with E-state index in [2.05, 4.69) is 42.2 Å². The molecule has 0 aliphatic rings. The fourth-order valence-electron chi connectivity index (χ4n) is 1.49. The SMILES string of the molecule is CC#CCCn1nccc1CNCC(C)C. The van der Waals surface area contributed by atoms with Gasteiger partial charge in [0.15, 0.2) is 0 Å². The Hall–Kier alpha value is -1.27. The summed E-state index contributed by atoms with van der Waals surface area (Å²) in [7, 11) is 0. The molecule has 0 aliphatic carbocycles. The van der Waals surface area contributed by atoms with Gasteiger partial charge in [-0.1, -0.05) is 13.8 Å². The average molecular weight is 219 g/mol. The molecule has 0 saturated heterocycles. The molecule has 1 heterocycles. The lowest BCUT2D eigenvalue weighted by atomic mass is 10.2. The van der Waals surface area contributed by atoms with Crippen molar-refractivity contribution in [3.8, 4) is 11.8 Å². The topological polar surface area (TPSA) is 29.9 Å². The highest BCUT2D eigenvalue weighted by Crippen LogP contribution is 2.00. The third kappa shape index (κ3) is 4.50. The van der Waals surface area contributed by atoms with E-state index in [-0.39, 0.29) is 0 Å². The second-order valence-electron chi connectivity index (χ2n) is 4.25. The Morgan fingerprint density at radius 2 is 2.31 bits per heavy atom. The Kier molecular flexibility index (Phi) is 5.66. The number of hydrogen-bond donors (Lipinski definition) is 1. The maximum absolute atomic E-state index is 4.29. The number of hydrogen-bond acceptors (Lipinski definition) is 2. The minimum Gasteiger partial charge on any atom is -0.311 e. The quantitative estimate of drug-likeness (QED) is 0.742. The molecule has 88 valence electrons. The molecular weight excluding hydrogens is 198 g/mol. The Morgan fingerprint density at radius 3 is 3.00 bits per heavy atom. The molecule has 0 fully saturated rings. The van der Waals surface area contributed by atoms with Crippen LogP contribution in [0.4, 0.5) is 0 Å². The van der Waals surface area contributed by atoms with Gasteiger partial charge in [-0.25, -0.2) is 0 Å². The fourth-order valence-corrected chi connectivity index (χ4v) is 1.49. The zero-order valence-corrected chi connectivity index (χ0v) is 10.5. The zero-order chi connectivity index (χ0) is 11.8. The number of aromatic nitrogens is 2. The molecular formula is C13H21N3. The molecule has 0 amide bonds. The van der Waals surface area contributed by atoms with Gasteiger partial charge >= 0.3 is 0 Å². The van der Waals surface area contributed by atoms with Gasteiger partial charge < -0.3 is 5.32 Å². The number of rotatable bonds is 6. The highest BCUT2D eigenvalue weighted by Gasteiger charge is 2.01. The normalized spacial score (nSPS) is 10.2. The summed E-state index contributed by atoms with van der Waals surface area (Å²) in [6.45, 7) is 9.10. The molecule has 0 saturated carbocycles. The second kappa shape index (κ2) is 7.08. The first-order chi connectivity index (χ1) is 7.74. The number of nitrogens with zero attached hydrogens (tertiary/aromatic N) is 2. The van der Waals surface area contributed by atoms with Crippen LogP contribution in [0.15, 0.2) is 12.3 Å². The average Bonchev–Trinajstić information content (AvgIpc) is 2.66. The smallest absolute Gasteiger partial charge is 0.0522 e. The van der Waals surface area contributed by atoms with Gasteiger partial charge in [0.2, 0.25) is 0 Å². The first kappa shape index (κ1) is 12.8. The van der Waals surface area contributed by atoms with E-state index in [1.54, 1.807) is 0 Å². The van der Waals surface area contributed by atoms with Crippen LogP contribution < -0.4 is 5.32 Å². The number of aryl methyl sites for hydroxylation is 1. The third-order valence-corrected chi connectivity index (χ3v) is 2.29. The lowest BCUT2D eigenvalue weighted by Crippen LogP contribution is -2.21. The maximum atomic E-state index is 4.29. The molecule has 1 rings (SSSR count). The van der Waals surface area contributed by atoms with Gasteiger partial charge in [0.05, 0.1) is 12.2 Å². The van der Waals surface area contributed by atoms with Crippen molar-refractivity contribution in [3.63, 3.8) is 0 Å². The van der Waals surface area contributed by atoms with E-state index >= 15 is 0 Å². The van der Waals surface area contributed by atoms with E-state index in [0.717, 1.165) is 26.1 Å². The van der Waals surface area contributed by atoms with E-state index in [1.165, 1.54) is 5.69 Å². The molecule has 0 radical (unpaired) electrons. The van der Waals surface area contributed by atoms with Crippen molar-refractivity contribution in [2.75, 3.05) is 6.54 Å². The summed E-state index contributed by atoms with van der Waals surface area (Å²) in [5, 5.41) is 7.72. The minimum atomic E-state index is 0.683. The van der Waals surface area contributed by atoms with Crippen molar-refractivity contribution in [2.45, 2.75) is 40.3 Å². The van der Waals surface area contributed by atoms with Crippen molar-refractivity contribution in [2.24, 2.45) is 5.92 Å². The van der Waals surface area contributed by atoms with Gasteiger partial charge in [0.1, 0.15) is 0 Å². The Balaban J connectivity index is 2.39. The van der Waals surface area contributed by atoms with Crippen LogP contribution in [0.25, 0.3) is 0 Å². The van der Waals surface area contributed by atoms with Crippen molar-refractivity contribution in [1.82, 2.24) is 15.1 Å². The summed E-state index contributed by atoms with van der Waals surface area (Å²) in [4.78, 5) is 0. The van der Waals surface area contributed by atoms with Crippen LogP contribution in [0.1, 0.15) is 32.9 Å². The summed E-state index contributed by atoms with van der Waals surface area (Å²) < 4.78 is 2.03. The van der Waals surface area contributed by atoms with Gasteiger partial charge in [-0.3, -0.25) is 4.68 Å². The molecule has 0 unspecified atom stereocenters. The van der Waals surface area contributed by atoms with Crippen LogP contribution >= 0.6 is 0 Å². The predicted molar refractivity (Wildman–Crippen MR) is 66.8 cm³/mol. The Bertz CT molecular complexity index is 355. The van der Waals surface area contributed by atoms with Gasteiger partial charge in [-0.05, 0) is 25.5 Å². The van der Waals surface area contributed by atoms with Crippen LogP contribution in [0.3, 0.4) is 0 Å². The molecule has 1 aromatic heterocycles. The van der Waals surface area contributed by atoms with Crippen molar-refractivity contribution < 1.29 is 0 Å². The zero-order valence-electron chi connectivity index (χ0n) is 10.5. The van der Waals surface area contributed by atoms with Crippen LogP contribution in [-0.4, -0.2) is 16.3 Å². The highest BCUT2D eigenvalue weighted by molar-refractivity contribution is 5.01. The van der Waals surface area contributed by atoms with Crippen molar-refractivity contribution >= 4 is 0 Å². The monoisotopic (exact) mass is 219 g/mol. The van der Waals surface area contributed by atoms with Gasteiger partial charge in [0.25, 0.3) is 0 Å². The second-order valence-corrected chi connectivity index (χ2v) is 4.25. The fraction of sp³-hybridized carbons (Fsp3) is 0.615. The molecule has 0 bridgehead atoms. The summed E-state index contributed by atoms with van der Waals surface area (Å²) >= 11 is 0. The summed E-state index contributed by atoms with van der Waals surface area (Å²) in [6.07, 6.45) is 2.72. The molecule has 0 aliphatic heterocycles. The van der Waals surface area contributed by atoms with Gasteiger partial charge in [-0.15, -0.1) is 11.8 Å². The van der Waals surface area contributed by atoms with E-state index < -0.39 is 0 Å². The summed E-state index contributed by atoms with van der Waals surface area (Å²) in [6, 6.07) is 2.06. The van der Waals surface area contributed by atoms with E-state index in [4.69, 9.17) is 0 Å². The lowest BCUT2D eigenvalue weighted by molar-refractivity contribution is 0.520.